The summed E-state index contributed by atoms with van der Waals surface area (Å²) >= 11 is 0. The van der Waals surface area contributed by atoms with E-state index in [0.717, 1.165) is 0 Å². The summed E-state index contributed by atoms with van der Waals surface area (Å²) in [4.78, 5) is 0. The number of rotatable bonds is 4. The molecule has 0 unspecified atom stereocenters. The van der Waals surface area contributed by atoms with Crippen molar-refractivity contribution in [2.45, 2.75) is 25.4 Å². The second kappa shape index (κ2) is 4.40. The Hall–Kier alpha value is -1.12. The van der Waals surface area contributed by atoms with Crippen molar-refractivity contribution in [3.63, 3.8) is 0 Å². The highest BCUT2D eigenvalue weighted by molar-refractivity contribution is 5.20. The average molecular weight is 190 g/mol. The minimum atomic E-state index is -0.190. The number of ether oxygens (including phenoxy) is 2. The molecule has 0 amide bonds. The van der Waals surface area contributed by atoms with Crippen molar-refractivity contribution < 1.29 is 9.47 Å². The van der Waals surface area contributed by atoms with Crippen LogP contribution in [0.4, 0.5) is 0 Å². The predicted molar refractivity (Wildman–Crippen MR) is 55.8 cm³/mol. The minimum Gasteiger partial charge on any atom is -0.342 e. The van der Waals surface area contributed by atoms with E-state index in [1.54, 1.807) is 0 Å². The molecule has 0 aromatic heterocycles. The topological polar surface area (TPSA) is 18.5 Å². The van der Waals surface area contributed by atoms with E-state index >= 15 is 0 Å². The highest BCUT2D eigenvalue weighted by Gasteiger charge is 2.13. The van der Waals surface area contributed by atoms with Crippen molar-refractivity contribution in [3.8, 4) is 0 Å². The van der Waals surface area contributed by atoms with E-state index in [1.807, 2.05) is 55.5 Å². The molecule has 0 bridgehead atoms. The number of hydrogen-bond acceptors (Lipinski definition) is 2. The van der Waals surface area contributed by atoms with Gasteiger partial charge < -0.3 is 9.47 Å². The molecule has 0 atom stereocenters. The van der Waals surface area contributed by atoms with Crippen LogP contribution in [0.25, 0.3) is 0 Å². The summed E-state index contributed by atoms with van der Waals surface area (Å²) in [6.45, 7) is 1.92. The lowest BCUT2D eigenvalue weighted by molar-refractivity contribution is -0.146. The fourth-order valence-electron chi connectivity index (χ4n) is 1.48. The molecular weight excluding hydrogens is 176 g/mol. The molecule has 0 spiro atoms. The zero-order valence-electron chi connectivity index (χ0n) is 8.17. The third kappa shape index (κ3) is 2.44. The molecule has 0 saturated carbocycles. The van der Waals surface area contributed by atoms with E-state index in [2.05, 4.69) is 0 Å². The molecule has 2 nitrogen and oxygen atoms in total. The Kier molecular flexibility index (Phi) is 2.96. The summed E-state index contributed by atoms with van der Waals surface area (Å²) in [6, 6.07) is 0. The summed E-state index contributed by atoms with van der Waals surface area (Å²) < 4.78 is 11.2. The molecule has 0 heterocycles. The van der Waals surface area contributed by atoms with Crippen molar-refractivity contribution in [1.29, 1.82) is 0 Å². The normalized spacial score (nSPS) is 20.7. The lowest BCUT2D eigenvalue weighted by Gasteiger charge is -2.19. The average Bonchev–Trinajstić information content (AvgIpc) is 2.76. The first-order chi connectivity index (χ1) is 6.84. The maximum atomic E-state index is 5.61. The first-order valence-corrected chi connectivity index (χ1v) is 4.85. The molecular formula is C12H14O2. The standard InChI is InChI=1S/C12H14O2/c1-10(13-11-6-2-3-7-11)14-12-8-4-5-9-12/h2-12H,1H3. The van der Waals surface area contributed by atoms with Crippen LogP contribution >= 0.6 is 0 Å². The molecule has 0 aliphatic heterocycles. The summed E-state index contributed by atoms with van der Waals surface area (Å²) in [5.74, 6) is 0. The molecule has 0 aromatic carbocycles. The molecule has 74 valence electrons. The van der Waals surface area contributed by atoms with Crippen molar-refractivity contribution in [2.75, 3.05) is 0 Å². The zero-order chi connectivity index (χ0) is 9.80. The number of hydrogen-bond donors (Lipinski definition) is 0. The van der Waals surface area contributed by atoms with Crippen molar-refractivity contribution in [2.24, 2.45) is 0 Å². The second-order valence-corrected chi connectivity index (χ2v) is 3.31. The fourth-order valence-corrected chi connectivity index (χ4v) is 1.48. The lowest BCUT2D eigenvalue weighted by atomic mass is 10.4. The van der Waals surface area contributed by atoms with Crippen LogP contribution in [0.3, 0.4) is 0 Å². The van der Waals surface area contributed by atoms with E-state index in [9.17, 15) is 0 Å². The van der Waals surface area contributed by atoms with Gasteiger partial charge in [0.1, 0.15) is 0 Å². The predicted octanol–water partition coefficient (Wildman–Crippen LogP) is 2.35. The van der Waals surface area contributed by atoms with Gasteiger partial charge in [-0.1, -0.05) is 48.6 Å². The Morgan fingerprint density at radius 2 is 1.14 bits per heavy atom. The van der Waals surface area contributed by atoms with Gasteiger partial charge in [-0.15, -0.1) is 0 Å². The third-order valence-electron chi connectivity index (χ3n) is 2.12. The van der Waals surface area contributed by atoms with Crippen LogP contribution in [0.1, 0.15) is 6.92 Å². The smallest absolute Gasteiger partial charge is 0.157 e. The SMILES string of the molecule is CC(OC1C=CC=C1)OC1C=CC=C1. The van der Waals surface area contributed by atoms with Gasteiger partial charge in [-0.05, 0) is 6.92 Å². The van der Waals surface area contributed by atoms with Crippen LogP contribution < -0.4 is 0 Å². The van der Waals surface area contributed by atoms with Gasteiger partial charge in [0, 0.05) is 0 Å². The summed E-state index contributed by atoms with van der Waals surface area (Å²) in [6.07, 6.45) is 15.9. The molecule has 2 aliphatic carbocycles. The zero-order valence-corrected chi connectivity index (χ0v) is 8.17. The summed E-state index contributed by atoms with van der Waals surface area (Å²) in [5, 5.41) is 0. The fraction of sp³-hybridized carbons (Fsp3) is 0.333. The van der Waals surface area contributed by atoms with Crippen molar-refractivity contribution >= 4 is 0 Å². The molecule has 0 radical (unpaired) electrons. The van der Waals surface area contributed by atoms with Gasteiger partial charge in [-0.3, -0.25) is 0 Å². The van der Waals surface area contributed by atoms with Crippen LogP contribution in [0, 0.1) is 0 Å². The molecule has 2 rings (SSSR count). The summed E-state index contributed by atoms with van der Waals surface area (Å²) in [7, 11) is 0. The van der Waals surface area contributed by atoms with E-state index in [-0.39, 0.29) is 18.5 Å². The van der Waals surface area contributed by atoms with Gasteiger partial charge >= 0.3 is 0 Å². The molecule has 0 N–H and O–H groups in total. The Morgan fingerprint density at radius 1 is 0.786 bits per heavy atom. The first-order valence-electron chi connectivity index (χ1n) is 4.85. The maximum absolute atomic E-state index is 5.61. The van der Waals surface area contributed by atoms with E-state index < -0.39 is 0 Å². The van der Waals surface area contributed by atoms with Crippen LogP contribution in [-0.2, 0) is 9.47 Å². The third-order valence-corrected chi connectivity index (χ3v) is 2.12. The van der Waals surface area contributed by atoms with Crippen LogP contribution in [0.2, 0.25) is 0 Å². The Morgan fingerprint density at radius 3 is 1.50 bits per heavy atom. The maximum Gasteiger partial charge on any atom is 0.157 e. The van der Waals surface area contributed by atoms with E-state index in [1.165, 1.54) is 0 Å². The molecule has 0 aromatic rings. The quantitative estimate of drug-likeness (QED) is 0.633. The van der Waals surface area contributed by atoms with Gasteiger partial charge in [-0.2, -0.15) is 0 Å². The minimum absolute atomic E-state index is 0.0689. The van der Waals surface area contributed by atoms with Gasteiger partial charge in [0.25, 0.3) is 0 Å². The van der Waals surface area contributed by atoms with Crippen LogP contribution in [0.15, 0.2) is 48.6 Å². The Balaban J connectivity index is 1.75. The molecule has 2 aliphatic rings. The molecule has 14 heavy (non-hydrogen) atoms. The first kappa shape index (κ1) is 9.44. The molecule has 2 heteroatoms. The number of allylic oxidation sites excluding steroid dienone is 4. The van der Waals surface area contributed by atoms with E-state index in [4.69, 9.17) is 9.47 Å². The second-order valence-electron chi connectivity index (χ2n) is 3.31. The van der Waals surface area contributed by atoms with Gasteiger partial charge in [-0.25, -0.2) is 0 Å². The Bertz CT molecular complexity index is 245. The largest absolute Gasteiger partial charge is 0.342 e. The van der Waals surface area contributed by atoms with Crippen LogP contribution in [-0.4, -0.2) is 18.5 Å². The van der Waals surface area contributed by atoms with Crippen molar-refractivity contribution in [3.05, 3.63) is 48.6 Å². The lowest BCUT2D eigenvalue weighted by Crippen LogP contribution is -2.22. The highest BCUT2D eigenvalue weighted by Crippen LogP contribution is 2.12. The van der Waals surface area contributed by atoms with Crippen LogP contribution in [0.5, 0.6) is 0 Å². The van der Waals surface area contributed by atoms with Crippen molar-refractivity contribution in [1.82, 2.24) is 0 Å². The molecule has 0 saturated heterocycles. The molecule has 0 fully saturated rings. The highest BCUT2D eigenvalue weighted by atomic mass is 16.7. The monoisotopic (exact) mass is 190 g/mol. The van der Waals surface area contributed by atoms with Gasteiger partial charge in [0.05, 0.1) is 12.2 Å². The van der Waals surface area contributed by atoms with Gasteiger partial charge in [0.15, 0.2) is 6.29 Å². The summed E-state index contributed by atoms with van der Waals surface area (Å²) in [5.41, 5.74) is 0. The van der Waals surface area contributed by atoms with E-state index in [0.29, 0.717) is 0 Å². The Labute approximate surface area is 84.2 Å². The van der Waals surface area contributed by atoms with Gasteiger partial charge in [0.2, 0.25) is 0 Å².